The lowest BCUT2D eigenvalue weighted by atomic mass is 9.70. The van der Waals surface area contributed by atoms with E-state index in [4.69, 9.17) is 0 Å². The van der Waals surface area contributed by atoms with Gasteiger partial charge in [0.1, 0.15) is 0 Å². The molecule has 26 heavy (non-hydrogen) atoms. The lowest BCUT2D eigenvalue weighted by molar-refractivity contribution is 0.103. The highest BCUT2D eigenvalue weighted by Gasteiger charge is 2.40. The number of aryl methyl sites for hydroxylation is 1. The van der Waals surface area contributed by atoms with Crippen molar-refractivity contribution in [1.82, 2.24) is 4.98 Å². The van der Waals surface area contributed by atoms with E-state index in [2.05, 4.69) is 44.5 Å². The third kappa shape index (κ3) is 2.02. The van der Waals surface area contributed by atoms with Crippen LogP contribution in [0.25, 0.3) is 17.0 Å². The van der Waals surface area contributed by atoms with Crippen molar-refractivity contribution in [2.75, 3.05) is 0 Å². The van der Waals surface area contributed by atoms with Gasteiger partial charge in [0.25, 0.3) is 0 Å². The minimum atomic E-state index is -0.339. The van der Waals surface area contributed by atoms with Crippen molar-refractivity contribution >= 4 is 22.8 Å². The third-order valence-corrected chi connectivity index (χ3v) is 5.54. The average Bonchev–Trinajstić information content (AvgIpc) is 3.06. The summed E-state index contributed by atoms with van der Waals surface area (Å²) in [5.41, 5.74) is 6.62. The molecule has 0 unspecified atom stereocenters. The maximum Gasteiger partial charge on any atom is 0.195 e. The number of rotatable bonds is 2. The maximum atomic E-state index is 13.4. The van der Waals surface area contributed by atoms with Crippen molar-refractivity contribution in [3.8, 4) is 6.07 Å². The largest absolute Gasteiger partial charge is 0.357 e. The summed E-state index contributed by atoms with van der Waals surface area (Å²) in [6.07, 6.45) is 2.57. The molecule has 1 aliphatic carbocycles. The van der Waals surface area contributed by atoms with Gasteiger partial charge in [0, 0.05) is 27.6 Å². The number of H-pyrrole nitrogens is 1. The summed E-state index contributed by atoms with van der Waals surface area (Å²) in [7, 11) is 0. The molecule has 0 atom stereocenters. The Morgan fingerprint density at radius 3 is 2.69 bits per heavy atom. The molecule has 0 saturated carbocycles. The molecule has 1 N–H and O–H groups in total. The minimum absolute atomic E-state index is 0.0515. The fourth-order valence-electron chi connectivity index (χ4n) is 4.13. The van der Waals surface area contributed by atoms with E-state index < -0.39 is 0 Å². The zero-order chi connectivity index (χ0) is 18.6. The summed E-state index contributed by atoms with van der Waals surface area (Å²) in [4.78, 5) is 16.8. The molecule has 1 aliphatic rings. The molecular weight excluding hydrogens is 320 g/mol. The van der Waals surface area contributed by atoms with Crippen LogP contribution >= 0.6 is 0 Å². The van der Waals surface area contributed by atoms with E-state index in [1.165, 1.54) is 0 Å². The van der Waals surface area contributed by atoms with Crippen molar-refractivity contribution < 1.29 is 4.79 Å². The number of nitriles is 1. The first-order valence-corrected chi connectivity index (χ1v) is 8.83. The molecule has 1 aromatic heterocycles. The van der Waals surface area contributed by atoms with Crippen molar-refractivity contribution in [3.05, 3.63) is 76.0 Å². The molecule has 0 aliphatic heterocycles. The zero-order valence-electron chi connectivity index (χ0n) is 15.2. The number of aromatic nitrogens is 1. The monoisotopic (exact) mass is 340 g/mol. The van der Waals surface area contributed by atoms with Crippen LogP contribution in [0.5, 0.6) is 0 Å². The van der Waals surface area contributed by atoms with Crippen LogP contribution in [-0.2, 0) is 11.8 Å². The highest BCUT2D eigenvalue weighted by molar-refractivity contribution is 6.20. The highest BCUT2D eigenvalue weighted by atomic mass is 16.1. The predicted molar refractivity (Wildman–Crippen MR) is 104 cm³/mol. The van der Waals surface area contributed by atoms with E-state index in [-0.39, 0.29) is 11.2 Å². The number of carbonyl (C=O) groups excluding carboxylic acids is 1. The Bertz CT molecular complexity index is 1140. The van der Waals surface area contributed by atoms with Gasteiger partial charge in [-0.3, -0.25) is 4.79 Å². The maximum absolute atomic E-state index is 13.4. The van der Waals surface area contributed by atoms with E-state index in [9.17, 15) is 10.1 Å². The Morgan fingerprint density at radius 1 is 1.27 bits per heavy atom. The smallest absolute Gasteiger partial charge is 0.195 e. The van der Waals surface area contributed by atoms with Gasteiger partial charge in [0.2, 0.25) is 0 Å². The third-order valence-electron chi connectivity index (χ3n) is 5.54. The molecule has 4 rings (SSSR count). The molecule has 0 bridgehead atoms. The van der Waals surface area contributed by atoms with E-state index in [0.29, 0.717) is 5.56 Å². The van der Waals surface area contributed by atoms with Gasteiger partial charge in [-0.2, -0.15) is 5.26 Å². The number of ketones is 1. The normalized spacial score (nSPS) is 14.6. The fourth-order valence-corrected chi connectivity index (χ4v) is 4.13. The van der Waals surface area contributed by atoms with Crippen LogP contribution in [0.3, 0.4) is 0 Å². The molecule has 3 nitrogen and oxygen atoms in total. The quantitative estimate of drug-likeness (QED) is 0.704. The Morgan fingerprint density at radius 2 is 2.04 bits per heavy atom. The van der Waals surface area contributed by atoms with Crippen LogP contribution in [-0.4, -0.2) is 10.8 Å². The second kappa shape index (κ2) is 5.44. The highest BCUT2D eigenvalue weighted by Crippen LogP contribution is 2.44. The van der Waals surface area contributed by atoms with Crippen LogP contribution in [0.1, 0.15) is 64.6 Å². The van der Waals surface area contributed by atoms with Gasteiger partial charge in [-0.05, 0) is 35.2 Å². The summed E-state index contributed by atoms with van der Waals surface area (Å²) >= 11 is 0. The summed E-state index contributed by atoms with van der Waals surface area (Å²) in [5, 5.41) is 10.3. The number of hydrogen-bond acceptors (Lipinski definition) is 2. The summed E-state index contributed by atoms with van der Waals surface area (Å²) in [6.45, 7) is 10.2. The average molecular weight is 340 g/mol. The van der Waals surface area contributed by atoms with Gasteiger partial charge in [-0.25, -0.2) is 0 Å². The molecule has 0 radical (unpaired) electrons. The zero-order valence-corrected chi connectivity index (χ0v) is 15.2. The van der Waals surface area contributed by atoms with E-state index in [0.717, 1.165) is 50.8 Å². The van der Waals surface area contributed by atoms with Crippen LogP contribution in [0, 0.1) is 11.3 Å². The second-order valence-corrected chi connectivity index (χ2v) is 7.36. The van der Waals surface area contributed by atoms with Crippen molar-refractivity contribution in [3.63, 3.8) is 0 Å². The topological polar surface area (TPSA) is 56.6 Å². The van der Waals surface area contributed by atoms with Gasteiger partial charge in [0.05, 0.1) is 17.2 Å². The van der Waals surface area contributed by atoms with Crippen molar-refractivity contribution in [2.45, 2.75) is 32.6 Å². The minimum Gasteiger partial charge on any atom is -0.357 e. The first kappa shape index (κ1) is 16.4. The van der Waals surface area contributed by atoms with E-state index >= 15 is 0 Å². The first-order chi connectivity index (χ1) is 12.4. The van der Waals surface area contributed by atoms with Crippen LogP contribution in [0.2, 0.25) is 0 Å². The number of aromatic amines is 1. The van der Waals surface area contributed by atoms with Gasteiger partial charge in [-0.15, -0.1) is 0 Å². The predicted octanol–water partition coefficient (Wildman–Crippen LogP) is 5.12. The van der Waals surface area contributed by atoms with E-state index in [1.807, 2.05) is 24.3 Å². The van der Waals surface area contributed by atoms with Gasteiger partial charge in [0.15, 0.2) is 5.78 Å². The number of benzene rings is 2. The molecule has 128 valence electrons. The lowest BCUT2D eigenvalue weighted by Gasteiger charge is -2.32. The van der Waals surface area contributed by atoms with Gasteiger partial charge in [-0.1, -0.05) is 51.6 Å². The number of fused-ring (bicyclic) bond motifs is 4. The van der Waals surface area contributed by atoms with Crippen LogP contribution in [0.4, 0.5) is 0 Å². The SMILES string of the molecule is C=Cc1ccc2c(c1)C(C)(C)c1[nH]c3cc(C#N)cc(CC)c3c1C2=O. The molecular formula is C23H20N2O. The van der Waals surface area contributed by atoms with E-state index in [1.54, 1.807) is 6.08 Å². The number of hydrogen-bond donors (Lipinski definition) is 1. The lowest BCUT2D eigenvalue weighted by Crippen LogP contribution is -2.30. The van der Waals surface area contributed by atoms with Crippen molar-refractivity contribution in [2.24, 2.45) is 0 Å². The molecule has 0 amide bonds. The molecule has 0 saturated heterocycles. The Balaban J connectivity index is 2.11. The Labute approximate surface area is 153 Å². The van der Waals surface area contributed by atoms with Crippen molar-refractivity contribution in [1.29, 1.82) is 5.26 Å². The number of carbonyl (C=O) groups is 1. The molecule has 3 heteroatoms. The molecule has 3 aromatic rings. The van der Waals surface area contributed by atoms with Gasteiger partial charge < -0.3 is 4.98 Å². The molecule has 2 aromatic carbocycles. The summed E-state index contributed by atoms with van der Waals surface area (Å²) in [5.74, 6) is 0.0515. The summed E-state index contributed by atoms with van der Waals surface area (Å²) < 4.78 is 0. The standard InChI is InChI=1S/C23H20N2O/c1-5-13-7-8-16-17(10-13)23(3,4)22-20(21(16)26)19-15(6-2)9-14(12-24)11-18(19)25-22/h5,7-11,25H,1,6H2,2-4H3. The molecule has 0 fully saturated rings. The fraction of sp³-hybridized carbons (Fsp3) is 0.217. The first-order valence-electron chi connectivity index (χ1n) is 8.83. The molecule has 1 heterocycles. The molecule has 0 spiro atoms. The Hall–Kier alpha value is -3.12. The Kier molecular flexibility index (Phi) is 3.42. The van der Waals surface area contributed by atoms with Crippen LogP contribution < -0.4 is 0 Å². The summed E-state index contributed by atoms with van der Waals surface area (Å²) in [6, 6.07) is 11.9. The van der Waals surface area contributed by atoms with Crippen LogP contribution in [0.15, 0.2) is 36.9 Å². The second-order valence-electron chi connectivity index (χ2n) is 7.36. The number of nitrogens with zero attached hydrogens (tertiary/aromatic N) is 1. The number of nitrogens with one attached hydrogen (secondary N) is 1. The van der Waals surface area contributed by atoms with Gasteiger partial charge >= 0.3 is 0 Å².